The number of benzene rings is 3. The standard InChI is InChI=1S/C44H56N4O8/c1-29(2)55-41(51)37(20-13-14-26-45-43(53)56-30(3)4)47-42(52)44(31-15-7-6-8-16-31)25-22-34(33-17-9-11-19-36(33)44)40(50)48-27-23-32(24-28-48)46-39(49)35-18-10-12-21-38(35)54-5/h6-12,15-19,21,29-30,32,34,37H,13-14,20,22-28H2,1-5H3,(H,45,53)(H,46,49)(H,47,52)/t34-,37+,44+/m0/s1. The van der Waals surface area contributed by atoms with Crippen LogP contribution in [0.15, 0.2) is 78.9 Å². The molecule has 0 saturated carbocycles. The first-order valence-corrected chi connectivity index (χ1v) is 19.8. The van der Waals surface area contributed by atoms with Gasteiger partial charge in [0.15, 0.2) is 0 Å². The number of amides is 4. The van der Waals surface area contributed by atoms with Gasteiger partial charge in [0.2, 0.25) is 11.8 Å². The molecule has 2 aliphatic rings. The van der Waals surface area contributed by atoms with E-state index in [2.05, 4.69) is 16.0 Å². The van der Waals surface area contributed by atoms with Gasteiger partial charge in [-0.05, 0) is 101 Å². The number of unbranched alkanes of at least 4 members (excludes halogenated alkanes) is 1. The minimum atomic E-state index is -1.18. The molecule has 1 aliphatic carbocycles. The lowest BCUT2D eigenvalue weighted by atomic mass is 9.62. The van der Waals surface area contributed by atoms with Gasteiger partial charge in [-0.15, -0.1) is 0 Å². The third-order valence-corrected chi connectivity index (χ3v) is 10.5. The smallest absolute Gasteiger partial charge is 0.407 e. The van der Waals surface area contributed by atoms with Crippen LogP contribution in [0.4, 0.5) is 4.79 Å². The number of piperidine rings is 1. The Morgan fingerprint density at radius 2 is 1.46 bits per heavy atom. The minimum Gasteiger partial charge on any atom is -0.496 e. The van der Waals surface area contributed by atoms with Crippen LogP contribution in [-0.2, 0) is 29.3 Å². The molecule has 0 radical (unpaired) electrons. The number of nitrogens with zero attached hydrogens (tertiary/aromatic N) is 1. The van der Waals surface area contributed by atoms with Crippen molar-refractivity contribution in [2.45, 2.75) is 108 Å². The van der Waals surface area contributed by atoms with E-state index in [1.165, 1.54) is 7.11 Å². The second-order valence-electron chi connectivity index (χ2n) is 15.1. The fraction of sp³-hybridized carbons (Fsp3) is 0.477. The van der Waals surface area contributed by atoms with Gasteiger partial charge in [0, 0.05) is 25.7 Å². The van der Waals surface area contributed by atoms with E-state index in [1.807, 2.05) is 65.6 Å². The van der Waals surface area contributed by atoms with Gasteiger partial charge in [-0.1, -0.05) is 66.7 Å². The molecule has 1 saturated heterocycles. The average molecular weight is 769 g/mol. The van der Waals surface area contributed by atoms with Crippen molar-refractivity contribution >= 4 is 29.8 Å². The SMILES string of the molecule is COc1ccccc1C(=O)NC1CCN(C(=O)[C@H]2CC[C@@](C(=O)N[C@H](CCCCNC(=O)OC(C)C)C(=O)OC(C)C)(c3ccccc3)c3ccccc32)CC1. The van der Waals surface area contributed by atoms with E-state index in [0.717, 1.165) is 16.7 Å². The Hall–Kier alpha value is -5.39. The molecule has 3 N–H and O–H groups in total. The average Bonchev–Trinajstić information content (AvgIpc) is 3.19. The lowest BCUT2D eigenvalue weighted by molar-refractivity contribution is -0.152. The Kier molecular flexibility index (Phi) is 14.5. The van der Waals surface area contributed by atoms with Gasteiger partial charge in [0.25, 0.3) is 5.91 Å². The van der Waals surface area contributed by atoms with Crippen molar-refractivity contribution in [3.8, 4) is 5.75 Å². The first-order valence-electron chi connectivity index (χ1n) is 19.8. The van der Waals surface area contributed by atoms with Gasteiger partial charge >= 0.3 is 12.1 Å². The normalized spacial score (nSPS) is 18.7. The number of para-hydroxylation sites is 1. The van der Waals surface area contributed by atoms with Crippen LogP contribution in [0.2, 0.25) is 0 Å². The molecule has 1 aliphatic heterocycles. The number of alkyl carbamates (subject to hydrolysis) is 1. The summed E-state index contributed by atoms with van der Waals surface area (Å²) < 4.78 is 16.1. The molecule has 0 spiro atoms. The van der Waals surface area contributed by atoms with Crippen LogP contribution in [0.1, 0.15) is 106 Å². The highest BCUT2D eigenvalue weighted by molar-refractivity contribution is 5.98. The maximum atomic E-state index is 14.9. The summed E-state index contributed by atoms with van der Waals surface area (Å²) in [5.41, 5.74) is 1.58. The number of methoxy groups -OCH3 is 1. The lowest BCUT2D eigenvalue weighted by Crippen LogP contribution is -2.54. The molecule has 300 valence electrons. The second-order valence-corrected chi connectivity index (χ2v) is 15.1. The molecule has 56 heavy (non-hydrogen) atoms. The first-order chi connectivity index (χ1) is 26.9. The van der Waals surface area contributed by atoms with Gasteiger partial charge < -0.3 is 35.1 Å². The number of fused-ring (bicyclic) bond motifs is 1. The third-order valence-electron chi connectivity index (χ3n) is 10.5. The summed E-state index contributed by atoms with van der Waals surface area (Å²) in [5, 5.41) is 8.91. The Morgan fingerprint density at radius 1 is 0.804 bits per heavy atom. The van der Waals surface area contributed by atoms with Crippen LogP contribution in [-0.4, -0.2) is 85.7 Å². The molecule has 1 fully saturated rings. The maximum absolute atomic E-state index is 14.9. The number of hydrogen-bond acceptors (Lipinski definition) is 8. The van der Waals surface area contributed by atoms with Crippen molar-refractivity contribution in [2.75, 3.05) is 26.7 Å². The van der Waals surface area contributed by atoms with Crippen molar-refractivity contribution in [3.63, 3.8) is 0 Å². The van der Waals surface area contributed by atoms with E-state index in [1.54, 1.807) is 45.9 Å². The lowest BCUT2D eigenvalue weighted by Gasteiger charge is -2.43. The molecule has 4 amide bonds. The van der Waals surface area contributed by atoms with E-state index >= 15 is 0 Å². The number of esters is 1. The van der Waals surface area contributed by atoms with E-state index < -0.39 is 29.4 Å². The molecule has 12 heteroatoms. The summed E-state index contributed by atoms with van der Waals surface area (Å²) in [4.78, 5) is 69.5. The molecule has 5 rings (SSSR count). The molecule has 0 unspecified atom stereocenters. The zero-order valence-electron chi connectivity index (χ0n) is 33.2. The minimum absolute atomic E-state index is 0.00158. The first kappa shape index (κ1) is 41.8. The van der Waals surface area contributed by atoms with Crippen molar-refractivity contribution in [1.29, 1.82) is 0 Å². The number of hydrogen-bond donors (Lipinski definition) is 3. The summed E-state index contributed by atoms with van der Waals surface area (Å²) in [5.74, 6) is -1.02. The van der Waals surface area contributed by atoms with E-state index in [9.17, 15) is 24.0 Å². The zero-order valence-corrected chi connectivity index (χ0v) is 33.2. The third kappa shape index (κ3) is 10.1. The van der Waals surface area contributed by atoms with Gasteiger partial charge in [0.1, 0.15) is 11.8 Å². The van der Waals surface area contributed by atoms with Crippen LogP contribution in [0.3, 0.4) is 0 Å². The van der Waals surface area contributed by atoms with Crippen molar-refractivity contribution in [2.24, 2.45) is 0 Å². The Balaban J connectivity index is 1.32. The summed E-state index contributed by atoms with van der Waals surface area (Å²) >= 11 is 0. The Bertz CT molecular complexity index is 1820. The Labute approximate surface area is 330 Å². The summed E-state index contributed by atoms with van der Waals surface area (Å²) in [6, 6.07) is 23.2. The molecular weight excluding hydrogens is 713 g/mol. The van der Waals surface area contributed by atoms with Gasteiger partial charge in [0.05, 0.1) is 36.2 Å². The predicted octanol–water partition coefficient (Wildman–Crippen LogP) is 6.02. The van der Waals surface area contributed by atoms with Crippen molar-refractivity contribution in [3.05, 3.63) is 101 Å². The highest BCUT2D eigenvalue weighted by Gasteiger charge is 2.49. The molecule has 12 nitrogen and oxygen atoms in total. The van der Waals surface area contributed by atoms with Gasteiger partial charge in [-0.2, -0.15) is 0 Å². The number of carbonyl (C=O) groups excluding carboxylic acids is 5. The van der Waals surface area contributed by atoms with E-state index in [0.29, 0.717) is 75.9 Å². The topological polar surface area (TPSA) is 152 Å². The highest BCUT2D eigenvalue weighted by Crippen LogP contribution is 2.48. The van der Waals surface area contributed by atoms with E-state index in [4.69, 9.17) is 14.2 Å². The quantitative estimate of drug-likeness (QED) is 0.125. The molecule has 3 aromatic rings. The monoisotopic (exact) mass is 768 g/mol. The van der Waals surface area contributed by atoms with Gasteiger partial charge in [-0.3, -0.25) is 14.4 Å². The van der Waals surface area contributed by atoms with Crippen LogP contribution >= 0.6 is 0 Å². The Morgan fingerprint density at radius 3 is 2.16 bits per heavy atom. The number of ether oxygens (including phenoxy) is 3. The molecule has 1 heterocycles. The predicted molar refractivity (Wildman–Crippen MR) is 212 cm³/mol. The number of carbonyl (C=O) groups is 5. The molecule has 0 aromatic heterocycles. The van der Waals surface area contributed by atoms with Gasteiger partial charge in [-0.25, -0.2) is 9.59 Å². The van der Waals surface area contributed by atoms with Crippen LogP contribution < -0.4 is 20.7 Å². The van der Waals surface area contributed by atoms with E-state index in [-0.39, 0.29) is 36.0 Å². The van der Waals surface area contributed by atoms with Crippen LogP contribution in [0.25, 0.3) is 0 Å². The number of nitrogens with one attached hydrogen (secondary N) is 3. The molecule has 0 bridgehead atoms. The largest absolute Gasteiger partial charge is 0.496 e. The molecule has 3 atom stereocenters. The fourth-order valence-corrected chi connectivity index (χ4v) is 7.81. The summed E-state index contributed by atoms with van der Waals surface area (Å²) in [6.45, 7) is 8.42. The maximum Gasteiger partial charge on any atom is 0.407 e. The highest BCUT2D eigenvalue weighted by atomic mass is 16.6. The second kappa shape index (κ2) is 19.5. The number of likely N-dealkylation sites (tertiary alicyclic amines) is 1. The van der Waals surface area contributed by atoms with Crippen LogP contribution in [0.5, 0.6) is 5.75 Å². The van der Waals surface area contributed by atoms with Crippen molar-refractivity contribution in [1.82, 2.24) is 20.9 Å². The fourth-order valence-electron chi connectivity index (χ4n) is 7.81. The number of rotatable bonds is 15. The molecule has 3 aromatic carbocycles. The molecular formula is C44H56N4O8. The summed E-state index contributed by atoms with van der Waals surface area (Å²) in [6.07, 6.45) is 2.28. The zero-order chi connectivity index (χ0) is 40.2. The van der Waals surface area contributed by atoms with Crippen molar-refractivity contribution < 1.29 is 38.2 Å². The summed E-state index contributed by atoms with van der Waals surface area (Å²) in [7, 11) is 1.54. The van der Waals surface area contributed by atoms with Crippen LogP contribution in [0, 0.1) is 0 Å².